The molecule has 1 aromatic rings. The van der Waals surface area contributed by atoms with E-state index in [9.17, 15) is 0 Å². The first-order chi connectivity index (χ1) is 6.93. The van der Waals surface area contributed by atoms with Gasteiger partial charge in [0.15, 0.2) is 0 Å². The van der Waals surface area contributed by atoms with E-state index in [0.717, 1.165) is 5.92 Å². The van der Waals surface area contributed by atoms with Gasteiger partial charge in [0.25, 0.3) is 0 Å². The second-order valence-corrected chi connectivity index (χ2v) is 4.52. The van der Waals surface area contributed by atoms with Gasteiger partial charge in [-0.05, 0) is 25.2 Å². The van der Waals surface area contributed by atoms with Crippen LogP contribution in [0.5, 0.6) is 0 Å². The molecule has 14 heavy (non-hydrogen) atoms. The SMILES string of the molecule is c1cn(CC2CCC2)c(N2CCC2)n1. The minimum Gasteiger partial charge on any atom is -0.342 e. The van der Waals surface area contributed by atoms with Crippen molar-refractivity contribution in [3.8, 4) is 0 Å². The summed E-state index contributed by atoms with van der Waals surface area (Å²) in [5, 5.41) is 0. The average molecular weight is 191 g/mol. The van der Waals surface area contributed by atoms with Crippen molar-refractivity contribution in [2.75, 3.05) is 18.0 Å². The predicted molar refractivity (Wildman–Crippen MR) is 56.4 cm³/mol. The summed E-state index contributed by atoms with van der Waals surface area (Å²) in [4.78, 5) is 6.81. The predicted octanol–water partition coefficient (Wildman–Crippen LogP) is 1.89. The zero-order valence-electron chi connectivity index (χ0n) is 8.52. The molecular weight excluding hydrogens is 174 g/mol. The minimum atomic E-state index is 0.921. The number of aromatic nitrogens is 2. The van der Waals surface area contributed by atoms with Crippen LogP contribution in [0.25, 0.3) is 0 Å². The molecule has 0 radical (unpaired) electrons. The molecule has 1 aromatic heterocycles. The molecule has 1 aliphatic heterocycles. The van der Waals surface area contributed by atoms with Gasteiger partial charge in [0.2, 0.25) is 5.95 Å². The summed E-state index contributed by atoms with van der Waals surface area (Å²) in [6.45, 7) is 3.58. The molecule has 1 saturated carbocycles. The fourth-order valence-electron chi connectivity index (χ4n) is 2.20. The Hall–Kier alpha value is -0.990. The van der Waals surface area contributed by atoms with E-state index in [2.05, 4.69) is 20.6 Å². The lowest BCUT2D eigenvalue weighted by Crippen LogP contribution is -2.39. The van der Waals surface area contributed by atoms with E-state index in [1.807, 2.05) is 6.20 Å². The maximum atomic E-state index is 4.44. The molecule has 0 unspecified atom stereocenters. The summed E-state index contributed by atoms with van der Waals surface area (Å²) in [7, 11) is 0. The fourth-order valence-corrected chi connectivity index (χ4v) is 2.20. The molecule has 2 heterocycles. The highest BCUT2D eigenvalue weighted by Crippen LogP contribution is 2.29. The fraction of sp³-hybridized carbons (Fsp3) is 0.727. The maximum absolute atomic E-state index is 4.44. The third-order valence-electron chi connectivity index (χ3n) is 3.51. The first kappa shape index (κ1) is 8.33. The topological polar surface area (TPSA) is 21.1 Å². The van der Waals surface area contributed by atoms with Crippen LogP contribution in [-0.2, 0) is 6.54 Å². The summed E-state index contributed by atoms with van der Waals surface area (Å²) in [5.74, 6) is 2.12. The van der Waals surface area contributed by atoms with Gasteiger partial charge < -0.3 is 9.47 Å². The van der Waals surface area contributed by atoms with Crippen molar-refractivity contribution in [2.24, 2.45) is 5.92 Å². The monoisotopic (exact) mass is 191 g/mol. The highest BCUT2D eigenvalue weighted by molar-refractivity contribution is 5.34. The van der Waals surface area contributed by atoms with Gasteiger partial charge in [-0.1, -0.05) is 6.42 Å². The largest absolute Gasteiger partial charge is 0.342 e. The van der Waals surface area contributed by atoms with Crippen LogP contribution >= 0.6 is 0 Å². The lowest BCUT2D eigenvalue weighted by molar-refractivity contribution is 0.276. The Morgan fingerprint density at radius 1 is 1.29 bits per heavy atom. The van der Waals surface area contributed by atoms with Crippen molar-refractivity contribution in [3.05, 3.63) is 12.4 Å². The average Bonchev–Trinajstić information content (AvgIpc) is 2.42. The van der Waals surface area contributed by atoms with E-state index in [1.165, 1.54) is 51.3 Å². The zero-order valence-corrected chi connectivity index (χ0v) is 8.52. The van der Waals surface area contributed by atoms with Crippen LogP contribution in [0, 0.1) is 5.92 Å². The van der Waals surface area contributed by atoms with Gasteiger partial charge >= 0.3 is 0 Å². The summed E-state index contributed by atoms with van der Waals surface area (Å²) in [5.41, 5.74) is 0. The number of hydrogen-bond acceptors (Lipinski definition) is 2. The third-order valence-corrected chi connectivity index (χ3v) is 3.51. The molecular formula is C11H17N3. The second kappa shape index (κ2) is 3.30. The first-order valence-electron chi connectivity index (χ1n) is 5.69. The van der Waals surface area contributed by atoms with Crippen LogP contribution in [0.2, 0.25) is 0 Å². The van der Waals surface area contributed by atoms with Crippen LogP contribution in [0.3, 0.4) is 0 Å². The normalized spacial score (nSPS) is 21.9. The molecule has 0 bridgehead atoms. The molecule has 3 heteroatoms. The van der Waals surface area contributed by atoms with Gasteiger partial charge in [-0.15, -0.1) is 0 Å². The van der Waals surface area contributed by atoms with Crippen molar-refractivity contribution in [1.29, 1.82) is 0 Å². The van der Waals surface area contributed by atoms with Crippen LogP contribution in [0.1, 0.15) is 25.7 Å². The van der Waals surface area contributed by atoms with E-state index >= 15 is 0 Å². The van der Waals surface area contributed by atoms with E-state index in [0.29, 0.717) is 0 Å². The van der Waals surface area contributed by atoms with Crippen molar-refractivity contribution in [2.45, 2.75) is 32.2 Å². The number of rotatable bonds is 3. The smallest absolute Gasteiger partial charge is 0.205 e. The molecule has 76 valence electrons. The highest BCUT2D eigenvalue weighted by atomic mass is 15.3. The third kappa shape index (κ3) is 1.31. The van der Waals surface area contributed by atoms with E-state index in [-0.39, 0.29) is 0 Å². The lowest BCUT2D eigenvalue weighted by atomic mass is 9.85. The second-order valence-electron chi connectivity index (χ2n) is 4.52. The molecule has 0 spiro atoms. The Balaban J connectivity index is 1.72. The molecule has 0 atom stereocenters. The van der Waals surface area contributed by atoms with Crippen LogP contribution in [-0.4, -0.2) is 22.6 Å². The Bertz CT molecular complexity index is 310. The molecule has 0 aromatic carbocycles. The summed E-state index contributed by atoms with van der Waals surface area (Å²) < 4.78 is 2.34. The van der Waals surface area contributed by atoms with E-state index in [1.54, 1.807) is 0 Å². The van der Waals surface area contributed by atoms with Crippen molar-refractivity contribution in [1.82, 2.24) is 9.55 Å². The molecule has 1 saturated heterocycles. The summed E-state index contributed by atoms with van der Waals surface area (Å²) in [6, 6.07) is 0. The van der Waals surface area contributed by atoms with E-state index < -0.39 is 0 Å². The number of anilines is 1. The highest BCUT2D eigenvalue weighted by Gasteiger charge is 2.22. The first-order valence-corrected chi connectivity index (χ1v) is 5.69. The Kier molecular flexibility index (Phi) is 1.96. The lowest BCUT2D eigenvalue weighted by Gasteiger charge is -2.34. The van der Waals surface area contributed by atoms with E-state index in [4.69, 9.17) is 0 Å². The number of nitrogens with zero attached hydrogens (tertiary/aromatic N) is 3. The molecule has 0 N–H and O–H groups in total. The van der Waals surface area contributed by atoms with Crippen molar-refractivity contribution in [3.63, 3.8) is 0 Å². The van der Waals surface area contributed by atoms with Crippen molar-refractivity contribution >= 4 is 5.95 Å². The van der Waals surface area contributed by atoms with Gasteiger partial charge in [-0.25, -0.2) is 4.98 Å². The Labute approximate surface area is 84.7 Å². The van der Waals surface area contributed by atoms with Crippen LogP contribution < -0.4 is 4.90 Å². The minimum absolute atomic E-state index is 0.921. The maximum Gasteiger partial charge on any atom is 0.205 e. The number of hydrogen-bond donors (Lipinski definition) is 0. The van der Waals surface area contributed by atoms with Crippen LogP contribution in [0.4, 0.5) is 5.95 Å². The Morgan fingerprint density at radius 3 is 2.71 bits per heavy atom. The summed E-state index contributed by atoms with van der Waals surface area (Å²) in [6.07, 6.45) is 9.65. The van der Waals surface area contributed by atoms with Gasteiger partial charge in [0.05, 0.1) is 0 Å². The van der Waals surface area contributed by atoms with Gasteiger partial charge in [0, 0.05) is 32.0 Å². The van der Waals surface area contributed by atoms with Gasteiger partial charge in [0.1, 0.15) is 0 Å². The van der Waals surface area contributed by atoms with Gasteiger partial charge in [-0.2, -0.15) is 0 Å². The zero-order chi connectivity index (χ0) is 9.38. The molecule has 3 nitrogen and oxygen atoms in total. The summed E-state index contributed by atoms with van der Waals surface area (Å²) >= 11 is 0. The Morgan fingerprint density at radius 2 is 2.14 bits per heavy atom. The molecule has 2 aliphatic rings. The molecule has 2 fully saturated rings. The van der Waals surface area contributed by atoms with Gasteiger partial charge in [-0.3, -0.25) is 0 Å². The van der Waals surface area contributed by atoms with Crippen molar-refractivity contribution < 1.29 is 0 Å². The molecule has 3 rings (SSSR count). The van der Waals surface area contributed by atoms with Crippen LogP contribution in [0.15, 0.2) is 12.4 Å². The number of imidazole rings is 1. The standard InChI is InChI=1S/C11H17N3/c1-3-10(4-1)9-14-8-5-12-11(14)13-6-2-7-13/h5,8,10H,1-4,6-7,9H2. The quantitative estimate of drug-likeness (QED) is 0.727. The molecule has 0 amide bonds. The molecule has 1 aliphatic carbocycles.